The van der Waals surface area contributed by atoms with Crippen molar-refractivity contribution in [2.75, 3.05) is 11.4 Å². The van der Waals surface area contributed by atoms with Gasteiger partial charge in [0.25, 0.3) is 0 Å². The number of rotatable bonds is 3. The Balaban J connectivity index is 0.00000196. The van der Waals surface area contributed by atoms with Crippen molar-refractivity contribution in [1.82, 2.24) is 0 Å². The number of nitrogens with two attached hydrogens (primary N) is 1. The van der Waals surface area contributed by atoms with Gasteiger partial charge in [0.2, 0.25) is 0 Å². The van der Waals surface area contributed by atoms with Crippen LogP contribution in [0.15, 0.2) is 23.1 Å². The largest absolute Gasteiger partial charge is 1.00 e. The van der Waals surface area contributed by atoms with Crippen LogP contribution >= 0.6 is 23.4 Å². The molecule has 0 spiro atoms. The molecule has 0 aliphatic carbocycles. The Morgan fingerprint density at radius 2 is 1.93 bits per heavy atom. The molecule has 15 heavy (non-hydrogen) atoms. The van der Waals surface area contributed by atoms with Crippen molar-refractivity contribution < 1.29 is 64.3 Å². The molecule has 0 aliphatic rings. The van der Waals surface area contributed by atoms with E-state index in [0.29, 0.717) is 27.4 Å². The van der Waals surface area contributed by atoms with E-state index >= 15 is 0 Å². The minimum atomic E-state index is -4.79. The van der Waals surface area contributed by atoms with Gasteiger partial charge in [-0.25, -0.2) is 0 Å². The number of benzene rings is 1. The summed E-state index contributed by atoms with van der Waals surface area (Å²) in [5.74, 6) is 0. The second-order valence-electron chi connectivity index (χ2n) is 2.71. The molecule has 1 nitrogen and oxygen atoms in total. The van der Waals surface area contributed by atoms with Crippen molar-refractivity contribution in [2.24, 2.45) is 0 Å². The number of hydrogen-bond donors (Lipinski definition) is 1. The third-order valence-corrected chi connectivity index (χ3v) is 3.02. The van der Waals surface area contributed by atoms with Gasteiger partial charge in [-0.3, -0.25) is 0 Å². The summed E-state index contributed by atoms with van der Waals surface area (Å²) in [5.41, 5.74) is 4.93. The first-order valence-corrected chi connectivity index (χ1v) is 5.13. The molecule has 0 radical (unpaired) electrons. The fraction of sp³-hybridized carbons (Fsp3) is 0.143. The van der Waals surface area contributed by atoms with Gasteiger partial charge >= 0.3 is 58.4 Å². The summed E-state index contributed by atoms with van der Waals surface area (Å²) in [6.07, 6.45) is 0. The second kappa shape index (κ2) is 6.78. The average Bonchev–Trinajstić information content (AvgIpc) is 2.05. The fourth-order valence-electron chi connectivity index (χ4n) is 0.815. The normalized spacial score (nSPS) is 10.9. The van der Waals surface area contributed by atoms with E-state index in [1.54, 1.807) is 6.07 Å². The van der Waals surface area contributed by atoms with Gasteiger partial charge in [0, 0.05) is 10.6 Å². The van der Waals surface area contributed by atoms with Crippen LogP contribution < -0.4 is 57.1 Å². The number of nitrogen functional groups attached to an aromatic ring is 1. The molecule has 1 rings (SSSR count). The van der Waals surface area contributed by atoms with E-state index < -0.39 is 12.6 Å². The molecular weight excluding hydrogens is 273 g/mol. The quantitative estimate of drug-likeness (QED) is 0.493. The first kappa shape index (κ1) is 16.2. The summed E-state index contributed by atoms with van der Waals surface area (Å²) in [6.45, 7) is -4.79. The molecule has 0 aromatic heterocycles. The molecule has 78 valence electrons. The van der Waals surface area contributed by atoms with Gasteiger partial charge in [-0.1, -0.05) is 11.6 Å². The maximum atomic E-state index is 11.9. The van der Waals surface area contributed by atoms with Crippen LogP contribution in [0, 0.1) is 0 Å². The predicted octanol–water partition coefficient (Wildman–Crippen LogP) is 0.405. The van der Waals surface area contributed by atoms with Crippen LogP contribution in [-0.4, -0.2) is 12.6 Å². The van der Waals surface area contributed by atoms with Crippen LogP contribution in [0.25, 0.3) is 0 Å². The summed E-state index contributed by atoms with van der Waals surface area (Å²) in [7, 11) is 0. The monoisotopic (exact) mass is 279 g/mol. The topological polar surface area (TPSA) is 26.0 Å². The summed E-state index contributed by atoms with van der Waals surface area (Å²) in [4.78, 5) is 0.367. The Bertz CT molecular complexity index is 337. The molecule has 0 unspecified atom stereocenters. The van der Waals surface area contributed by atoms with Crippen molar-refractivity contribution in [3.8, 4) is 0 Å². The van der Waals surface area contributed by atoms with Crippen molar-refractivity contribution in [3.05, 3.63) is 23.2 Å². The first-order valence-electron chi connectivity index (χ1n) is 3.77. The van der Waals surface area contributed by atoms with E-state index in [0.717, 1.165) is 0 Å². The molecule has 8 heteroatoms. The first-order chi connectivity index (χ1) is 6.38. The van der Waals surface area contributed by atoms with Crippen LogP contribution in [-0.2, 0) is 0 Å². The van der Waals surface area contributed by atoms with E-state index in [2.05, 4.69) is 0 Å². The van der Waals surface area contributed by atoms with Crippen molar-refractivity contribution in [3.63, 3.8) is 0 Å². The zero-order valence-electron chi connectivity index (χ0n) is 8.01. The van der Waals surface area contributed by atoms with Gasteiger partial charge in [-0.15, -0.1) is 0 Å². The minimum Gasteiger partial charge on any atom is -0.448 e. The Hall–Kier alpha value is 1.15. The molecule has 2 N–H and O–H groups in total. The zero-order valence-corrected chi connectivity index (χ0v) is 12.7. The molecule has 0 amide bonds. The van der Waals surface area contributed by atoms with Crippen molar-refractivity contribution >= 4 is 36.0 Å². The summed E-state index contributed by atoms with van der Waals surface area (Å²) < 4.78 is 35.8. The maximum Gasteiger partial charge on any atom is 1.00 e. The van der Waals surface area contributed by atoms with Gasteiger partial charge in [-0.2, -0.15) is 11.8 Å². The van der Waals surface area contributed by atoms with Crippen LogP contribution in [0.3, 0.4) is 0 Å². The molecule has 1 aromatic rings. The number of anilines is 1. The Kier molecular flexibility index (Phi) is 7.30. The molecule has 0 fully saturated rings. The third-order valence-electron chi connectivity index (χ3n) is 1.38. The third kappa shape index (κ3) is 6.45. The SMILES string of the molecule is Nc1ccc(Cl)c(SC[B-](F)(F)F)c1.[K+]. The molecule has 0 aliphatic heterocycles. The summed E-state index contributed by atoms with van der Waals surface area (Å²) in [6, 6.07) is 4.47. The predicted molar refractivity (Wildman–Crippen MR) is 55.7 cm³/mol. The smallest absolute Gasteiger partial charge is 0.448 e. The number of halogens is 4. The van der Waals surface area contributed by atoms with E-state index in [9.17, 15) is 12.9 Å². The zero-order chi connectivity index (χ0) is 10.8. The van der Waals surface area contributed by atoms with Crippen LogP contribution in [0.5, 0.6) is 0 Å². The average molecular weight is 280 g/mol. The van der Waals surface area contributed by atoms with Crippen LogP contribution in [0.4, 0.5) is 18.6 Å². The minimum absolute atomic E-state index is 0. The van der Waals surface area contributed by atoms with Crippen molar-refractivity contribution in [2.45, 2.75) is 4.90 Å². The second-order valence-corrected chi connectivity index (χ2v) is 4.18. The van der Waals surface area contributed by atoms with Gasteiger partial charge in [0.05, 0.1) is 5.02 Å². The van der Waals surface area contributed by atoms with Gasteiger partial charge in [0.15, 0.2) is 0 Å². The molecule has 0 saturated heterocycles. The Morgan fingerprint density at radius 1 is 1.33 bits per heavy atom. The standard InChI is InChI=1S/C7H7BClF3NS.K/c9-6-2-1-5(13)3-7(6)14-4-8(10,11)12;/h1-3H,4,13H2;/q-1;+1. The van der Waals surface area contributed by atoms with E-state index in [1.807, 2.05) is 0 Å². The molecule has 1 aromatic carbocycles. The van der Waals surface area contributed by atoms with Gasteiger partial charge in [0.1, 0.15) is 0 Å². The van der Waals surface area contributed by atoms with E-state index in [-0.39, 0.29) is 51.4 Å². The summed E-state index contributed by atoms with van der Waals surface area (Å²) >= 11 is 6.35. The van der Waals surface area contributed by atoms with Crippen molar-refractivity contribution in [1.29, 1.82) is 0 Å². The van der Waals surface area contributed by atoms with Crippen LogP contribution in [0.1, 0.15) is 0 Å². The van der Waals surface area contributed by atoms with E-state index in [4.69, 9.17) is 17.3 Å². The Morgan fingerprint density at radius 3 is 2.47 bits per heavy atom. The number of thioether (sulfide) groups is 1. The maximum absolute atomic E-state index is 11.9. The molecule has 0 saturated carbocycles. The summed E-state index contributed by atoms with van der Waals surface area (Å²) in [5, 5.41) is 0.296. The van der Waals surface area contributed by atoms with E-state index in [1.165, 1.54) is 12.1 Å². The fourth-order valence-corrected chi connectivity index (χ4v) is 1.89. The Labute approximate surface area is 138 Å². The molecule has 0 heterocycles. The van der Waals surface area contributed by atoms with Crippen LogP contribution in [0.2, 0.25) is 5.02 Å². The molecular formula is C7H7BClF3KNS. The van der Waals surface area contributed by atoms with Gasteiger partial charge in [-0.05, 0) is 23.9 Å². The molecule has 0 bridgehead atoms. The number of hydrogen-bond acceptors (Lipinski definition) is 2. The van der Waals surface area contributed by atoms with Gasteiger partial charge < -0.3 is 18.7 Å². The molecule has 0 atom stereocenters.